The Bertz CT molecular complexity index is 102. The smallest absolute Gasteiger partial charge is 0.148 e. The predicted octanol–water partition coefficient (Wildman–Crippen LogP) is 0.224. The van der Waals surface area contributed by atoms with Crippen molar-refractivity contribution in [2.75, 3.05) is 6.61 Å². The molecule has 0 rings (SSSR count). The highest BCUT2D eigenvalue weighted by Gasteiger charge is 1.93. The molecule has 0 aliphatic heterocycles. The number of aldehydes is 1. The van der Waals surface area contributed by atoms with Crippen LogP contribution in [0.25, 0.3) is 0 Å². The van der Waals surface area contributed by atoms with Crippen molar-refractivity contribution in [3.8, 4) is 12.3 Å². The van der Waals surface area contributed by atoms with Gasteiger partial charge in [0.05, 0.1) is 0 Å². The van der Waals surface area contributed by atoms with Gasteiger partial charge in [0.25, 0.3) is 0 Å². The van der Waals surface area contributed by atoms with Crippen LogP contribution in [0.1, 0.15) is 6.92 Å². The number of terminal acetylenes is 1. The van der Waals surface area contributed by atoms with Gasteiger partial charge in [-0.15, -0.1) is 6.42 Å². The van der Waals surface area contributed by atoms with Crippen LogP contribution in [-0.2, 0) is 9.53 Å². The maximum Gasteiger partial charge on any atom is 0.148 e. The van der Waals surface area contributed by atoms with E-state index >= 15 is 0 Å². The molecule has 0 spiro atoms. The second kappa shape index (κ2) is 4.35. The van der Waals surface area contributed by atoms with Crippen LogP contribution >= 0.6 is 0 Å². The number of ether oxygens (including phenoxy) is 1. The molecule has 0 saturated heterocycles. The molecule has 0 amide bonds. The first-order valence-electron chi connectivity index (χ1n) is 2.31. The van der Waals surface area contributed by atoms with E-state index in [1.54, 1.807) is 6.92 Å². The fraction of sp³-hybridized carbons (Fsp3) is 0.500. The maximum absolute atomic E-state index is 9.82. The average molecular weight is 112 g/mol. The third-order valence-corrected chi connectivity index (χ3v) is 0.621. The predicted molar refractivity (Wildman–Crippen MR) is 30.3 cm³/mol. The molecular weight excluding hydrogens is 104 g/mol. The zero-order valence-corrected chi connectivity index (χ0v) is 4.76. The van der Waals surface area contributed by atoms with Gasteiger partial charge < -0.3 is 9.53 Å². The summed E-state index contributed by atoms with van der Waals surface area (Å²) in [5.41, 5.74) is 0. The summed E-state index contributed by atoms with van der Waals surface area (Å²) < 4.78 is 4.74. The lowest BCUT2D eigenvalue weighted by Gasteiger charge is -1.98. The standard InChI is InChI=1S/C6H8O2/c1-3-4-8-6(2)5-7/h1,5-6H,4H2,2H3/t6-/m0/s1. The zero-order valence-electron chi connectivity index (χ0n) is 4.76. The third kappa shape index (κ3) is 3.38. The minimum Gasteiger partial charge on any atom is -0.358 e. The summed E-state index contributed by atoms with van der Waals surface area (Å²) in [7, 11) is 0. The van der Waals surface area contributed by atoms with Gasteiger partial charge in [-0.2, -0.15) is 0 Å². The zero-order chi connectivity index (χ0) is 6.41. The molecule has 8 heavy (non-hydrogen) atoms. The van der Waals surface area contributed by atoms with Gasteiger partial charge in [0.1, 0.15) is 19.0 Å². The fourth-order valence-electron chi connectivity index (χ4n) is 0.219. The number of hydrogen-bond donors (Lipinski definition) is 0. The molecule has 0 fully saturated rings. The van der Waals surface area contributed by atoms with Gasteiger partial charge in [0.15, 0.2) is 0 Å². The van der Waals surface area contributed by atoms with Crippen LogP contribution in [0.4, 0.5) is 0 Å². The molecule has 0 aromatic heterocycles. The molecule has 2 heteroatoms. The third-order valence-electron chi connectivity index (χ3n) is 0.621. The number of rotatable bonds is 3. The van der Waals surface area contributed by atoms with Gasteiger partial charge in [-0.3, -0.25) is 0 Å². The van der Waals surface area contributed by atoms with Crippen molar-refractivity contribution in [1.82, 2.24) is 0 Å². The molecule has 0 bridgehead atoms. The molecule has 0 aromatic rings. The lowest BCUT2D eigenvalue weighted by molar-refractivity contribution is -0.116. The highest BCUT2D eigenvalue weighted by Crippen LogP contribution is 1.81. The van der Waals surface area contributed by atoms with E-state index in [-0.39, 0.29) is 12.7 Å². The highest BCUT2D eigenvalue weighted by atomic mass is 16.5. The van der Waals surface area contributed by atoms with Gasteiger partial charge in [-0.1, -0.05) is 5.92 Å². The summed E-state index contributed by atoms with van der Waals surface area (Å²) in [4.78, 5) is 9.82. The lowest BCUT2D eigenvalue weighted by Crippen LogP contribution is -2.08. The normalized spacial score (nSPS) is 12.0. The van der Waals surface area contributed by atoms with Gasteiger partial charge >= 0.3 is 0 Å². The molecular formula is C6H8O2. The Morgan fingerprint density at radius 3 is 3.00 bits per heavy atom. The molecule has 0 aromatic carbocycles. The van der Waals surface area contributed by atoms with Crippen molar-refractivity contribution in [3.05, 3.63) is 0 Å². The van der Waals surface area contributed by atoms with Crippen molar-refractivity contribution < 1.29 is 9.53 Å². The van der Waals surface area contributed by atoms with E-state index in [1.165, 1.54) is 0 Å². The molecule has 0 N–H and O–H groups in total. The fourth-order valence-corrected chi connectivity index (χ4v) is 0.219. The van der Waals surface area contributed by atoms with E-state index < -0.39 is 0 Å². The van der Waals surface area contributed by atoms with Crippen LogP contribution < -0.4 is 0 Å². The molecule has 0 aliphatic carbocycles. The Morgan fingerprint density at radius 2 is 2.62 bits per heavy atom. The number of carbonyl (C=O) groups excluding carboxylic acids is 1. The Balaban J connectivity index is 3.13. The molecule has 0 saturated carbocycles. The monoisotopic (exact) mass is 112 g/mol. The van der Waals surface area contributed by atoms with Crippen molar-refractivity contribution >= 4 is 6.29 Å². The quantitative estimate of drug-likeness (QED) is 0.385. The Labute approximate surface area is 48.8 Å². The minimum atomic E-state index is -0.369. The molecule has 0 aliphatic rings. The molecule has 0 heterocycles. The summed E-state index contributed by atoms with van der Waals surface area (Å²) in [5.74, 6) is 2.25. The van der Waals surface area contributed by atoms with Crippen LogP contribution in [0, 0.1) is 12.3 Å². The second-order valence-corrected chi connectivity index (χ2v) is 1.36. The Morgan fingerprint density at radius 1 is 2.00 bits per heavy atom. The largest absolute Gasteiger partial charge is 0.358 e. The Hall–Kier alpha value is -0.810. The van der Waals surface area contributed by atoms with E-state index in [1.807, 2.05) is 0 Å². The highest BCUT2D eigenvalue weighted by molar-refractivity contribution is 5.55. The molecule has 1 atom stereocenters. The van der Waals surface area contributed by atoms with E-state index in [0.717, 1.165) is 0 Å². The van der Waals surface area contributed by atoms with E-state index in [0.29, 0.717) is 6.29 Å². The first-order chi connectivity index (χ1) is 3.81. The van der Waals surface area contributed by atoms with E-state index in [2.05, 4.69) is 5.92 Å². The van der Waals surface area contributed by atoms with Crippen LogP contribution in [0.3, 0.4) is 0 Å². The van der Waals surface area contributed by atoms with Crippen LogP contribution in [-0.4, -0.2) is 19.0 Å². The SMILES string of the molecule is C#CCO[C@@H](C)C=O. The summed E-state index contributed by atoms with van der Waals surface area (Å²) in [6, 6.07) is 0. The molecule has 0 unspecified atom stereocenters. The van der Waals surface area contributed by atoms with Crippen LogP contribution in [0.15, 0.2) is 0 Å². The van der Waals surface area contributed by atoms with Crippen molar-refractivity contribution in [2.45, 2.75) is 13.0 Å². The van der Waals surface area contributed by atoms with E-state index in [9.17, 15) is 4.79 Å². The minimum absolute atomic E-state index is 0.208. The van der Waals surface area contributed by atoms with Gasteiger partial charge in [-0.25, -0.2) is 0 Å². The van der Waals surface area contributed by atoms with Gasteiger partial charge in [0.2, 0.25) is 0 Å². The Kier molecular flexibility index (Phi) is 3.91. The molecule has 0 radical (unpaired) electrons. The van der Waals surface area contributed by atoms with Crippen molar-refractivity contribution in [2.24, 2.45) is 0 Å². The van der Waals surface area contributed by atoms with Crippen molar-refractivity contribution in [3.63, 3.8) is 0 Å². The van der Waals surface area contributed by atoms with E-state index in [4.69, 9.17) is 11.2 Å². The number of carbonyl (C=O) groups is 1. The first-order valence-corrected chi connectivity index (χ1v) is 2.31. The van der Waals surface area contributed by atoms with Crippen LogP contribution in [0.2, 0.25) is 0 Å². The topological polar surface area (TPSA) is 26.3 Å². The summed E-state index contributed by atoms with van der Waals surface area (Å²) in [6.45, 7) is 1.85. The second-order valence-electron chi connectivity index (χ2n) is 1.36. The van der Waals surface area contributed by atoms with Gasteiger partial charge in [-0.05, 0) is 6.92 Å². The first kappa shape index (κ1) is 7.19. The maximum atomic E-state index is 9.82. The molecule has 44 valence electrons. The summed E-state index contributed by atoms with van der Waals surface area (Å²) in [6.07, 6.45) is 5.18. The summed E-state index contributed by atoms with van der Waals surface area (Å²) >= 11 is 0. The number of hydrogen-bond acceptors (Lipinski definition) is 2. The lowest BCUT2D eigenvalue weighted by atomic mass is 10.5. The van der Waals surface area contributed by atoms with Crippen LogP contribution in [0.5, 0.6) is 0 Å². The average Bonchev–Trinajstić information content (AvgIpc) is 1.83. The molecule has 2 nitrogen and oxygen atoms in total. The summed E-state index contributed by atoms with van der Waals surface area (Å²) in [5, 5.41) is 0. The van der Waals surface area contributed by atoms with Gasteiger partial charge in [0, 0.05) is 0 Å². The van der Waals surface area contributed by atoms with Crippen molar-refractivity contribution in [1.29, 1.82) is 0 Å².